The Bertz CT molecular complexity index is 1620. The van der Waals surface area contributed by atoms with Crippen molar-refractivity contribution in [2.45, 2.75) is 25.4 Å². The quantitative estimate of drug-likeness (QED) is 0.323. The van der Waals surface area contributed by atoms with E-state index in [9.17, 15) is 13.2 Å². The van der Waals surface area contributed by atoms with Gasteiger partial charge in [0, 0.05) is 49.8 Å². The molecule has 0 spiro atoms. The number of aromatic nitrogens is 4. The molecule has 11 nitrogen and oxygen atoms in total. The second-order valence-electron chi connectivity index (χ2n) is 10.5. The van der Waals surface area contributed by atoms with Crippen LogP contribution >= 0.6 is 0 Å². The van der Waals surface area contributed by atoms with Gasteiger partial charge in [-0.25, -0.2) is 18.4 Å². The molecule has 0 saturated carbocycles. The van der Waals surface area contributed by atoms with E-state index in [1.807, 2.05) is 47.4 Å². The maximum absolute atomic E-state index is 12.9. The van der Waals surface area contributed by atoms with E-state index in [2.05, 4.69) is 30.2 Å². The van der Waals surface area contributed by atoms with E-state index in [0.717, 1.165) is 60.5 Å². The Morgan fingerprint density at radius 1 is 1.05 bits per heavy atom. The molecular weight excluding hydrogens is 528 g/mol. The first kappa shape index (κ1) is 26.4. The first-order valence-corrected chi connectivity index (χ1v) is 15.3. The van der Waals surface area contributed by atoms with Crippen LogP contribution in [0.25, 0.3) is 22.3 Å². The molecule has 4 aromatic rings. The number of benzene rings is 1. The third-order valence-electron chi connectivity index (χ3n) is 7.51. The lowest BCUT2D eigenvalue weighted by atomic mass is 10.1. The molecule has 208 valence electrons. The molecule has 5 heterocycles. The van der Waals surface area contributed by atoms with Gasteiger partial charge in [0.25, 0.3) is 5.91 Å². The number of anilines is 2. The predicted octanol–water partition coefficient (Wildman–Crippen LogP) is 2.43. The van der Waals surface area contributed by atoms with E-state index in [-0.39, 0.29) is 23.5 Å². The highest BCUT2D eigenvalue weighted by Gasteiger charge is 2.24. The van der Waals surface area contributed by atoms with Crippen LogP contribution in [0.15, 0.2) is 55.0 Å². The number of amides is 1. The fourth-order valence-electron chi connectivity index (χ4n) is 5.38. The molecule has 6 rings (SSSR count). The number of nitrogens with zero attached hydrogens (tertiary/aromatic N) is 5. The molecule has 0 unspecified atom stereocenters. The lowest BCUT2D eigenvalue weighted by molar-refractivity contribution is 0.102. The summed E-state index contributed by atoms with van der Waals surface area (Å²) in [5.41, 5.74) is 10.6. The number of carbonyl (C=O) groups excluding carboxylic acids is 1. The normalized spacial score (nSPS) is 19.5. The van der Waals surface area contributed by atoms with Gasteiger partial charge in [-0.2, -0.15) is 0 Å². The molecule has 0 bridgehead atoms. The Hall–Kier alpha value is -3.87. The highest BCUT2D eigenvalue weighted by Crippen LogP contribution is 2.30. The summed E-state index contributed by atoms with van der Waals surface area (Å²) >= 11 is 0. The zero-order valence-corrected chi connectivity index (χ0v) is 22.9. The first-order chi connectivity index (χ1) is 19.3. The number of rotatable bonds is 6. The minimum atomic E-state index is -2.99. The van der Waals surface area contributed by atoms with Crippen molar-refractivity contribution in [1.82, 2.24) is 24.8 Å². The average Bonchev–Trinajstić information content (AvgIpc) is 3.38. The Kier molecular flexibility index (Phi) is 7.22. The molecule has 2 fully saturated rings. The van der Waals surface area contributed by atoms with Gasteiger partial charge in [-0.15, -0.1) is 0 Å². The van der Waals surface area contributed by atoms with E-state index in [1.165, 1.54) is 6.33 Å². The Labute approximate surface area is 232 Å². The lowest BCUT2D eigenvalue weighted by Gasteiger charge is -2.30. The van der Waals surface area contributed by atoms with Gasteiger partial charge in [0.2, 0.25) is 0 Å². The van der Waals surface area contributed by atoms with Gasteiger partial charge in [0.05, 0.1) is 16.9 Å². The SMILES string of the molecule is N[C@@H]1CCCN(Cc2ccnc(C(=O)Nc3ccc(-c4cc5c(N6CCS(=O)(=O)CC6)ncnc5[nH]4)cc3)c2)C1. The number of carbonyl (C=O) groups is 1. The number of nitrogens with two attached hydrogens (primary N) is 1. The van der Waals surface area contributed by atoms with Crippen LogP contribution in [-0.4, -0.2) is 82.9 Å². The molecule has 1 aromatic carbocycles. The molecular formula is C28H32N8O3S. The molecule has 2 saturated heterocycles. The van der Waals surface area contributed by atoms with Gasteiger partial charge in [-0.1, -0.05) is 12.1 Å². The van der Waals surface area contributed by atoms with Gasteiger partial charge in [-0.3, -0.25) is 14.7 Å². The maximum Gasteiger partial charge on any atom is 0.274 e. The highest BCUT2D eigenvalue weighted by atomic mass is 32.2. The average molecular weight is 561 g/mol. The third kappa shape index (κ3) is 5.83. The fraction of sp³-hybridized carbons (Fsp3) is 0.357. The summed E-state index contributed by atoms with van der Waals surface area (Å²) in [5, 5.41) is 3.78. The Morgan fingerprint density at radius 2 is 1.85 bits per heavy atom. The van der Waals surface area contributed by atoms with Crippen LogP contribution in [0.4, 0.5) is 11.5 Å². The highest BCUT2D eigenvalue weighted by molar-refractivity contribution is 7.91. The number of hydrogen-bond acceptors (Lipinski definition) is 9. The van der Waals surface area contributed by atoms with Gasteiger partial charge < -0.3 is 20.9 Å². The molecule has 4 N–H and O–H groups in total. The number of sulfone groups is 1. The maximum atomic E-state index is 12.9. The number of hydrogen-bond donors (Lipinski definition) is 3. The summed E-state index contributed by atoms with van der Waals surface area (Å²) in [6.07, 6.45) is 5.31. The summed E-state index contributed by atoms with van der Waals surface area (Å²) in [6.45, 7) is 3.44. The second kappa shape index (κ2) is 11.0. The largest absolute Gasteiger partial charge is 0.354 e. The van der Waals surface area contributed by atoms with Crippen molar-refractivity contribution < 1.29 is 13.2 Å². The Balaban J connectivity index is 1.14. The van der Waals surface area contributed by atoms with E-state index in [0.29, 0.717) is 30.1 Å². The second-order valence-corrected chi connectivity index (χ2v) is 12.8. The van der Waals surface area contributed by atoms with Crippen molar-refractivity contribution in [2.75, 3.05) is 47.9 Å². The summed E-state index contributed by atoms with van der Waals surface area (Å²) < 4.78 is 23.7. The number of H-pyrrole nitrogens is 1. The van der Waals surface area contributed by atoms with Crippen LogP contribution in [0.3, 0.4) is 0 Å². The van der Waals surface area contributed by atoms with Crippen LogP contribution in [-0.2, 0) is 16.4 Å². The minimum Gasteiger partial charge on any atom is -0.354 e. The van der Waals surface area contributed by atoms with Crippen LogP contribution in [0.1, 0.15) is 28.9 Å². The topological polar surface area (TPSA) is 150 Å². The van der Waals surface area contributed by atoms with Crippen molar-refractivity contribution in [3.8, 4) is 11.3 Å². The molecule has 0 aliphatic carbocycles. The molecule has 12 heteroatoms. The van der Waals surface area contributed by atoms with Gasteiger partial charge in [0.1, 0.15) is 23.5 Å². The van der Waals surface area contributed by atoms with Crippen LogP contribution in [0, 0.1) is 0 Å². The number of pyridine rings is 1. The standard InChI is InChI=1S/C28H32N8O3S/c29-21-2-1-9-35(17-21)16-19-7-8-30-25(14-19)28(37)33-22-5-3-20(4-6-22)24-15-23-26(34-24)31-18-32-27(23)36-10-12-40(38,39)13-11-36/h3-8,14-15,18,21H,1-2,9-13,16-17,29H2,(H,33,37)(H,31,32,34)/t21-/m1/s1. The number of nitrogens with one attached hydrogen (secondary N) is 2. The number of likely N-dealkylation sites (tertiary alicyclic amines) is 1. The molecule has 1 atom stereocenters. The van der Waals surface area contributed by atoms with Crippen LogP contribution in [0.5, 0.6) is 0 Å². The molecule has 2 aliphatic rings. The van der Waals surface area contributed by atoms with Crippen molar-refractivity contribution in [3.63, 3.8) is 0 Å². The minimum absolute atomic E-state index is 0.121. The van der Waals surface area contributed by atoms with Crippen LogP contribution < -0.4 is 16.0 Å². The molecule has 3 aromatic heterocycles. The molecule has 40 heavy (non-hydrogen) atoms. The molecule has 0 radical (unpaired) electrons. The van der Waals surface area contributed by atoms with Crippen LogP contribution in [0.2, 0.25) is 0 Å². The fourth-order valence-corrected chi connectivity index (χ4v) is 6.58. The van der Waals surface area contributed by atoms with Gasteiger partial charge in [0.15, 0.2) is 9.84 Å². The van der Waals surface area contributed by atoms with Crippen molar-refractivity contribution in [1.29, 1.82) is 0 Å². The van der Waals surface area contributed by atoms with Crippen molar-refractivity contribution >= 4 is 38.3 Å². The van der Waals surface area contributed by atoms with Gasteiger partial charge >= 0.3 is 0 Å². The summed E-state index contributed by atoms with van der Waals surface area (Å²) in [4.78, 5) is 33.7. The van der Waals surface area contributed by atoms with E-state index >= 15 is 0 Å². The lowest BCUT2D eigenvalue weighted by Crippen LogP contribution is -2.42. The van der Waals surface area contributed by atoms with Crippen molar-refractivity contribution in [3.05, 3.63) is 66.2 Å². The van der Waals surface area contributed by atoms with E-state index in [1.54, 1.807) is 6.20 Å². The van der Waals surface area contributed by atoms with E-state index in [4.69, 9.17) is 5.73 Å². The monoisotopic (exact) mass is 560 g/mol. The third-order valence-corrected chi connectivity index (χ3v) is 9.12. The molecule has 1 amide bonds. The molecule has 2 aliphatic heterocycles. The smallest absolute Gasteiger partial charge is 0.274 e. The first-order valence-electron chi connectivity index (χ1n) is 13.5. The van der Waals surface area contributed by atoms with Crippen molar-refractivity contribution in [2.24, 2.45) is 5.73 Å². The summed E-state index contributed by atoms with van der Waals surface area (Å²) in [5.74, 6) is 0.703. The number of aromatic amines is 1. The predicted molar refractivity (Wildman–Crippen MR) is 155 cm³/mol. The Morgan fingerprint density at radius 3 is 2.62 bits per heavy atom. The van der Waals surface area contributed by atoms with E-state index < -0.39 is 9.84 Å². The summed E-state index contributed by atoms with van der Waals surface area (Å²) in [6, 6.07) is 13.5. The van der Waals surface area contributed by atoms with Gasteiger partial charge in [-0.05, 0) is 60.8 Å². The zero-order valence-electron chi connectivity index (χ0n) is 22.1. The zero-order chi connectivity index (χ0) is 27.7. The number of piperidine rings is 1. The summed E-state index contributed by atoms with van der Waals surface area (Å²) in [7, 11) is -2.99. The number of fused-ring (bicyclic) bond motifs is 1.